The number of esters is 1. The van der Waals surface area contributed by atoms with Gasteiger partial charge in [-0.15, -0.1) is 0 Å². The fourth-order valence-electron chi connectivity index (χ4n) is 5.79. The lowest BCUT2D eigenvalue weighted by Crippen LogP contribution is -2.24. The molecule has 0 bridgehead atoms. The zero-order chi connectivity index (χ0) is 20.6. The largest absolute Gasteiger partial charge is 0.459 e. The normalized spacial score (nSPS) is 30.1. The van der Waals surface area contributed by atoms with Crippen molar-refractivity contribution in [3.63, 3.8) is 0 Å². The SMILES string of the molecule is CCCCC1CC[C@@H](c2ccc(C(=O)OC3CCC(CCC)CC3)cc2)[C@H](C)C1. The minimum absolute atomic E-state index is 0.119. The summed E-state index contributed by atoms with van der Waals surface area (Å²) in [4.78, 5) is 12.6. The summed E-state index contributed by atoms with van der Waals surface area (Å²) in [6.07, 6.45) is 15.3. The van der Waals surface area contributed by atoms with Gasteiger partial charge in [0.15, 0.2) is 0 Å². The highest BCUT2D eigenvalue weighted by Gasteiger charge is 2.29. The zero-order valence-electron chi connectivity index (χ0n) is 19.0. The van der Waals surface area contributed by atoms with Gasteiger partial charge in [-0.25, -0.2) is 4.79 Å². The van der Waals surface area contributed by atoms with Gasteiger partial charge in [-0.2, -0.15) is 0 Å². The highest BCUT2D eigenvalue weighted by Crippen LogP contribution is 2.41. The zero-order valence-corrected chi connectivity index (χ0v) is 19.0. The van der Waals surface area contributed by atoms with Gasteiger partial charge in [0.1, 0.15) is 6.10 Å². The molecule has 29 heavy (non-hydrogen) atoms. The van der Waals surface area contributed by atoms with E-state index >= 15 is 0 Å². The summed E-state index contributed by atoms with van der Waals surface area (Å²) in [6, 6.07) is 8.36. The maximum absolute atomic E-state index is 12.6. The molecular formula is C27H42O2. The molecule has 1 unspecified atom stereocenters. The monoisotopic (exact) mass is 398 g/mol. The third-order valence-corrected chi connectivity index (χ3v) is 7.58. The third-order valence-electron chi connectivity index (χ3n) is 7.58. The molecule has 0 radical (unpaired) electrons. The quantitative estimate of drug-likeness (QED) is 0.416. The summed E-state index contributed by atoms with van der Waals surface area (Å²) >= 11 is 0. The summed E-state index contributed by atoms with van der Waals surface area (Å²) < 4.78 is 5.82. The maximum atomic E-state index is 12.6. The van der Waals surface area contributed by atoms with Gasteiger partial charge in [0.2, 0.25) is 0 Å². The Balaban J connectivity index is 1.49. The molecule has 2 aliphatic carbocycles. The standard InChI is InChI=1S/C27H42O2/c1-4-6-8-22-11-18-26(20(3)19-22)23-12-14-24(15-13-23)27(28)29-25-16-9-21(7-5-2)10-17-25/h12-15,20-22,25-26H,4-11,16-19H2,1-3H3/t20-,21?,22?,25?,26-/m1/s1. The van der Waals surface area contributed by atoms with Crippen LogP contribution in [0, 0.1) is 17.8 Å². The van der Waals surface area contributed by atoms with Crippen molar-refractivity contribution in [3.05, 3.63) is 35.4 Å². The van der Waals surface area contributed by atoms with E-state index in [1.807, 2.05) is 12.1 Å². The molecule has 0 spiro atoms. The second-order valence-electron chi connectivity index (χ2n) is 9.86. The molecule has 2 fully saturated rings. The van der Waals surface area contributed by atoms with E-state index in [-0.39, 0.29) is 12.1 Å². The Bertz CT molecular complexity index is 612. The lowest BCUT2D eigenvalue weighted by Gasteiger charge is -2.34. The molecule has 1 aromatic carbocycles. The summed E-state index contributed by atoms with van der Waals surface area (Å²) in [5.41, 5.74) is 2.12. The Labute approximate surface area is 178 Å². The van der Waals surface area contributed by atoms with Crippen LogP contribution in [-0.2, 0) is 4.74 Å². The van der Waals surface area contributed by atoms with E-state index in [1.165, 1.54) is 69.8 Å². The Hall–Kier alpha value is -1.31. The summed E-state index contributed by atoms with van der Waals surface area (Å²) in [5.74, 6) is 3.01. The summed E-state index contributed by atoms with van der Waals surface area (Å²) in [6.45, 7) is 6.97. The van der Waals surface area contributed by atoms with Crippen molar-refractivity contribution in [2.45, 2.75) is 110 Å². The Morgan fingerprint density at radius 3 is 2.21 bits per heavy atom. The molecule has 2 saturated carbocycles. The van der Waals surface area contributed by atoms with Crippen molar-refractivity contribution < 1.29 is 9.53 Å². The van der Waals surface area contributed by atoms with Crippen LogP contribution in [0.4, 0.5) is 0 Å². The van der Waals surface area contributed by atoms with Crippen LogP contribution in [0.15, 0.2) is 24.3 Å². The third kappa shape index (κ3) is 6.33. The molecule has 2 heteroatoms. The molecule has 0 amide bonds. The van der Waals surface area contributed by atoms with Crippen LogP contribution in [0.2, 0.25) is 0 Å². The van der Waals surface area contributed by atoms with Crippen molar-refractivity contribution in [1.29, 1.82) is 0 Å². The van der Waals surface area contributed by atoms with E-state index in [4.69, 9.17) is 4.74 Å². The van der Waals surface area contributed by atoms with Gasteiger partial charge >= 0.3 is 5.97 Å². The Morgan fingerprint density at radius 1 is 0.897 bits per heavy atom. The minimum Gasteiger partial charge on any atom is -0.459 e. The van der Waals surface area contributed by atoms with E-state index in [1.54, 1.807) is 0 Å². The van der Waals surface area contributed by atoms with Gasteiger partial charge < -0.3 is 4.74 Å². The predicted octanol–water partition coefficient (Wildman–Crippen LogP) is 7.91. The Morgan fingerprint density at radius 2 is 1.59 bits per heavy atom. The smallest absolute Gasteiger partial charge is 0.338 e. The van der Waals surface area contributed by atoms with E-state index in [2.05, 4.69) is 32.9 Å². The average Bonchev–Trinajstić information content (AvgIpc) is 2.74. The molecule has 2 aliphatic rings. The maximum Gasteiger partial charge on any atom is 0.338 e. The lowest BCUT2D eigenvalue weighted by atomic mass is 9.71. The number of rotatable bonds is 8. The topological polar surface area (TPSA) is 26.3 Å². The van der Waals surface area contributed by atoms with Crippen LogP contribution in [0.5, 0.6) is 0 Å². The molecule has 0 saturated heterocycles. The van der Waals surface area contributed by atoms with Crippen LogP contribution < -0.4 is 0 Å². The van der Waals surface area contributed by atoms with Gasteiger partial charge in [0.05, 0.1) is 5.56 Å². The number of carbonyl (C=O) groups excluding carboxylic acids is 1. The van der Waals surface area contributed by atoms with Crippen molar-refractivity contribution in [2.24, 2.45) is 17.8 Å². The van der Waals surface area contributed by atoms with E-state index in [0.717, 1.165) is 30.6 Å². The van der Waals surface area contributed by atoms with Gasteiger partial charge in [0.25, 0.3) is 0 Å². The Kier molecular flexibility index (Phi) is 8.63. The highest BCUT2D eigenvalue weighted by atomic mass is 16.5. The second-order valence-corrected chi connectivity index (χ2v) is 9.86. The summed E-state index contributed by atoms with van der Waals surface area (Å²) in [7, 11) is 0. The fraction of sp³-hybridized carbons (Fsp3) is 0.741. The van der Waals surface area contributed by atoms with Gasteiger partial charge in [-0.05, 0) is 86.3 Å². The molecule has 0 aromatic heterocycles. The molecule has 3 atom stereocenters. The molecule has 2 nitrogen and oxygen atoms in total. The van der Waals surface area contributed by atoms with Crippen LogP contribution in [-0.4, -0.2) is 12.1 Å². The number of unbranched alkanes of at least 4 members (excludes halogenated alkanes) is 1. The van der Waals surface area contributed by atoms with Crippen LogP contribution in [0.1, 0.15) is 120 Å². The first-order valence-electron chi connectivity index (χ1n) is 12.4. The average molecular weight is 399 g/mol. The molecule has 162 valence electrons. The van der Waals surface area contributed by atoms with Crippen molar-refractivity contribution >= 4 is 5.97 Å². The van der Waals surface area contributed by atoms with E-state index in [9.17, 15) is 4.79 Å². The fourth-order valence-corrected chi connectivity index (χ4v) is 5.79. The first-order valence-corrected chi connectivity index (χ1v) is 12.4. The van der Waals surface area contributed by atoms with Gasteiger partial charge in [-0.1, -0.05) is 65.0 Å². The van der Waals surface area contributed by atoms with E-state index in [0.29, 0.717) is 11.5 Å². The van der Waals surface area contributed by atoms with Crippen molar-refractivity contribution in [3.8, 4) is 0 Å². The molecule has 0 N–H and O–H groups in total. The van der Waals surface area contributed by atoms with Crippen molar-refractivity contribution in [1.82, 2.24) is 0 Å². The number of ether oxygens (including phenoxy) is 1. The molecule has 1 aromatic rings. The van der Waals surface area contributed by atoms with Crippen LogP contribution in [0.25, 0.3) is 0 Å². The number of carbonyl (C=O) groups is 1. The first-order chi connectivity index (χ1) is 14.1. The summed E-state index contributed by atoms with van der Waals surface area (Å²) in [5, 5.41) is 0. The predicted molar refractivity (Wildman–Crippen MR) is 121 cm³/mol. The van der Waals surface area contributed by atoms with Crippen molar-refractivity contribution in [2.75, 3.05) is 0 Å². The molecule has 3 rings (SSSR count). The minimum atomic E-state index is -0.133. The second kappa shape index (κ2) is 11.2. The molecular weight excluding hydrogens is 356 g/mol. The van der Waals surface area contributed by atoms with Gasteiger partial charge in [0, 0.05) is 0 Å². The number of benzene rings is 1. The highest BCUT2D eigenvalue weighted by molar-refractivity contribution is 5.89. The molecule has 0 heterocycles. The van der Waals surface area contributed by atoms with Crippen LogP contribution >= 0.6 is 0 Å². The first kappa shape index (κ1) is 22.4. The number of hydrogen-bond donors (Lipinski definition) is 0. The van der Waals surface area contributed by atoms with E-state index < -0.39 is 0 Å². The molecule has 0 aliphatic heterocycles. The van der Waals surface area contributed by atoms with Crippen LogP contribution in [0.3, 0.4) is 0 Å². The number of hydrogen-bond acceptors (Lipinski definition) is 2. The van der Waals surface area contributed by atoms with Gasteiger partial charge in [-0.3, -0.25) is 0 Å². The lowest BCUT2D eigenvalue weighted by molar-refractivity contribution is 0.0161.